The molecule has 94 valence electrons. The van der Waals surface area contributed by atoms with E-state index in [0.717, 1.165) is 32.1 Å². The van der Waals surface area contributed by atoms with Gasteiger partial charge in [0.2, 0.25) is 5.91 Å². The lowest BCUT2D eigenvalue weighted by atomic mass is 10.2. The number of carbonyl (C=O) groups is 1. The molecular formula is C12H25N3O. The summed E-state index contributed by atoms with van der Waals surface area (Å²) < 4.78 is 0. The minimum absolute atomic E-state index is 0.164. The van der Waals surface area contributed by atoms with E-state index in [2.05, 4.69) is 17.1 Å². The molecule has 4 heteroatoms. The van der Waals surface area contributed by atoms with Gasteiger partial charge in [-0.3, -0.25) is 4.79 Å². The molecule has 0 aliphatic heterocycles. The Kier molecular flexibility index (Phi) is 5.77. The zero-order valence-electron chi connectivity index (χ0n) is 10.5. The van der Waals surface area contributed by atoms with E-state index < -0.39 is 0 Å². The summed E-state index contributed by atoms with van der Waals surface area (Å²) in [5.41, 5.74) is 5.35. The van der Waals surface area contributed by atoms with Gasteiger partial charge < -0.3 is 16.0 Å². The summed E-state index contributed by atoms with van der Waals surface area (Å²) in [6, 6.07) is 0.609. The number of nitrogens with one attached hydrogen (secondary N) is 1. The summed E-state index contributed by atoms with van der Waals surface area (Å²) >= 11 is 0. The van der Waals surface area contributed by atoms with Gasteiger partial charge in [0.15, 0.2) is 0 Å². The number of carbonyl (C=O) groups excluding carboxylic acids is 1. The third-order valence-corrected chi connectivity index (χ3v) is 3.07. The molecule has 1 atom stereocenters. The Hall–Kier alpha value is -0.610. The van der Waals surface area contributed by atoms with Crippen LogP contribution in [0.15, 0.2) is 0 Å². The molecule has 1 saturated carbocycles. The SMILES string of the molecule is CCCN(CCC(NCC)C(N)=O)C1CC1. The highest BCUT2D eigenvalue weighted by Crippen LogP contribution is 2.27. The van der Waals surface area contributed by atoms with Crippen molar-refractivity contribution in [2.75, 3.05) is 19.6 Å². The molecule has 3 N–H and O–H groups in total. The molecule has 0 aromatic heterocycles. The van der Waals surface area contributed by atoms with Gasteiger partial charge in [0.25, 0.3) is 0 Å². The Bertz CT molecular complexity index is 216. The van der Waals surface area contributed by atoms with Crippen molar-refractivity contribution >= 4 is 5.91 Å². The van der Waals surface area contributed by atoms with Gasteiger partial charge in [-0.15, -0.1) is 0 Å². The molecule has 0 spiro atoms. The Morgan fingerprint density at radius 3 is 2.56 bits per heavy atom. The largest absolute Gasteiger partial charge is 0.368 e. The maximum absolute atomic E-state index is 11.2. The van der Waals surface area contributed by atoms with Crippen LogP contribution in [0.4, 0.5) is 0 Å². The summed E-state index contributed by atoms with van der Waals surface area (Å²) in [6.07, 6.45) is 4.66. The van der Waals surface area contributed by atoms with Crippen molar-refractivity contribution in [2.24, 2.45) is 5.73 Å². The molecular weight excluding hydrogens is 202 g/mol. The fourth-order valence-corrected chi connectivity index (χ4v) is 2.09. The lowest BCUT2D eigenvalue weighted by molar-refractivity contribution is -0.120. The van der Waals surface area contributed by atoms with Crippen LogP contribution in [0, 0.1) is 0 Å². The topological polar surface area (TPSA) is 58.4 Å². The standard InChI is InChI=1S/C12H25N3O/c1-3-8-15(10-5-6-10)9-7-11(12(13)16)14-4-2/h10-11,14H,3-9H2,1-2H3,(H2,13,16). The molecule has 1 aliphatic carbocycles. The summed E-state index contributed by atoms with van der Waals surface area (Å²) in [4.78, 5) is 13.7. The molecule has 1 aliphatic rings. The molecule has 0 heterocycles. The number of rotatable bonds is 9. The van der Waals surface area contributed by atoms with Gasteiger partial charge in [-0.05, 0) is 38.8 Å². The number of nitrogens with two attached hydrogens (primary N) is 1. The Labute approximate surface area is 98.6 Å². The van der Waals surface area contributed by atoms with Gasteiger partial charge in [0.05, 0.1) is 6.04 Å². The Balaban J connectivity index is 2.30. The summed E-state index contributed by atoms with van der Waals surface area (Å²) in [5.74, 6) is -0.228. The van der Waals surface area contributed by atoms with Crippen molar-refractivity contribution in [2.45, 2.75) is 51.6 Å². The van der Waals surface area contributed by atoms with Crippen LogP contribution in [0.5, 0.6) is 0 Å². The third kappa shape index (κ3) is 4.49. The minimum atomic E-state index is -0.228. The number of nitrogens with zero attached hydrogens (tertiary/aromatic N) is 1. The summed E-state index contributed by atoms with van der Waals surface area (Å²) in [6.45, 7) is 7.12. The molecule has 0 bridgehead atoms. The Morgan fingerprint density at radius 1 is 1.44 bits per heavy atom. The number of hydrogen-bond acceptors (Lipinski definition) is 3. The van der Waals surface area contributed by atoms with Crippen LogP contribution in [0.1, 0.15) is 39.5 Å². The van der Waals surface area contributed by atoms with Crippen molar-refractivity contribution in [3.63, 3.8) is 0 Å². The van der Waals surface area contributed by atoms with E-state index in [0.29, 0.717) is 0 Å². The minimum Gasteiger partial charge on any atom is -0.368 e. The fourth-order valence-electron chi connectivity index (χ4n) is 2.09. The zero-order valence-corrected chi connectivity index (χ0v) is 10.5. The van der Waals surface area contributed by atoms with E-state index in [9.17, 15) is 4.79 Å². The van der Waals surface area contributed by atoms with Gasteiger partial charge in [0, 0.05) is 12.6 Å². The normalized spacial score (nSPS) is 17.7. The number of primary amides is 1. The van der Waals surface area contributed by atoms with E-state index in [4.69, 9.17) is 5.73 Å². The van der Waals surface area contributed by atoms with E-state index in [1.807, 2.05) is 6.92 Å². The average molecular weight is 227 g/mol. The second-order valence-electron chi connectivity index (χ2n) is 4.57. The first kappa shape index (κ1) is 13.5. The monoisotopic (exact) mass is 227 g/mol. The molecule has 1 unspecified atom stereocenters. The Morgan fingerprint density at radius 2 is 2.12 bits per heavy atom. The molecule has 1 amide bonds. The second-order valence-corrected chi connectivity index (χ2v) is 4.57. The predicted octanol–water partition coefficient (Wildman–Crippen LogP) is 0.714. The van der Waals surface area contributed by atoms with Crippen molar-refractivity contribution in [3.8, 4) is 0 Å². The highest BCUT2D eigenvalue weighted by Gasteiger charge is 2.28. The van der Waals surface area contributed by atoms with Crippen LogP contribution < -0.4 is 11.1 Å². The van der Waals surface area contributed by atoms with Crippen LogP contribution in [0.3, 0.4) is 0 Å². The second kappa shape index (κ2) is 6.86. The van der Waals surface area contributed by atoms with E-state index in [1.165, 1.54) is 19.3 Å². The van der Waals surface area contributed by atoms with Crippen LogP contribution in [-0.4, -0.2) is 42.5 Å². The summed E-state index contributed by atoms with van der Waals surface area (Å²) in [5, 5.41) is 3.14. The van der Waals surface area contributed by atoms with E-state index in [-0.39, 0.29) is 11.9 Å². The number of hydrogen-bond donors (Lipinski definition) is 2. The molecule has 0 radical (unpaired) electrons. The summed E-state index contributed by atoms with van der Waals surface area (Å²) in [7, 11) is 0. The fraction of sp³-hybridized carbons (Fsp3) is 0.917. The lowest BCUT2D eigenvalue weighted by Crippen LogP contribution is -2.43. The highest BCUT2D eigenvalue weighted by molar-refractivity contribution is 5.79. The maximum atomic E-state index is 11.2. The predicted molar refractivity (Wildman–Crippen MR) is 66.2 cm³/mol. The smallest absolute Gasteiger partial charge is 0.234 e. The van der Waals surface area contributed by atoms with E-state index in [1.54, 1.807) is 0 Å². The molecule has 0 aromatic carbocycles. The molecule has 0 saturated heterocycles. The molecule has 16 heavy (non-hydrogen) atoms. The van der Waals surface area contributed by atoms with Gasteiger partial charge >= 0.3 is 0 Å². The van der Waals surface area contributed by atoms with Gasteiger partial charge in [-0.1, -0.05) is 13.8 Å². The quantitative estimate of drug-likeness (QED) is 0.610. The van der Waals surface area contributed by atoms with Crippen LogP contribution >= 0.6 is 0 Å². The third-order valence-electron chi connectivity index (χ3n) is 3.07. The van der Waals surface area contributed by atoms with Crippen molar-refractivity contribution in [1.82, 2.24) is 10.2 Å². The lowest BCUT2D eigenvalue weighted by Gasteiger charge is -2.23. The molecule has 4 nitrogen and oxygen atoms in total. The van der Waals surface area contributed by atoms with Crippen molar-refractivity contribution in [3.05, 3.63) is 0 Å². The van der Waals surface area contributed by atoms with Crippen LogP contribution in [0.2, 0.25) is 0 Å². The number of amides is 1. The first-order chi connectivity index (χ1) is 7.69. The van der Waals surface area contributed by atoms with E-state index >= 15 is 0 Å². The van der Waals surface area contributed by atoms with Crippen molar-refractivity contribution in [1.29, 1.82) is 0 Å². The first-order valence-electron chi connectivity index (χ1n) is 6.45. The molecule has 0 aromatic rings. The number of likely N-dealkylation sites (N-methyl/N-ethyl adjacent to an activating group) is 1. The highest BCUT2D eigenvalue weighted by atomic mass is 16.1. The van der Waals surface area contributed by atoms with Crippen LogP contribution in [-0.2, 0) is 4.79 Å². The van der Waals surface area contributed by atoms with Gasteiger partial charge in [-0.25, -0.2) is 0 Å². The van der Waals surface area contributed by atoms with Crippen molar-refractivity contribution < 1.29 is 4.79 Å². The molecule has 1 fully saturated rings. The maximum Gasteiger partial charge on any atom is 0.234 e. The molecule has 1 rings (SSSR count). The average Bonchev–Trinajstić information content (AvgIpc) is 3.05. The first-order valence-corrected chi connectivity index (χ1v) is 6.45. The van der Waals surface area contributed by atoms with Gasteiger partial charge in [0.1, 0.15) is 0 Å². The zero-order chi connectivity index (χ0) is 12.0. The van der Waals surface area contributed by atoms with Crippen LogP contribution in [0.25, 0.3) is 0 Å². The van der Waals surface area contributed by atoms with Gasteiger partial charge in [-0.2, -0.15) is 0 Å².